The van der Waals surface area contributed by atoms with Crippen LogP contribution in [0.5, 0.6) is 0 Å². The third-order valence-corrected chi connectivity index (χ3v) is 4.07. The molecule has 1 aromatic carbocycles. The van der Waals surface area contributed by atoms with Gasteiger partial charge in [0.1, 0.15) is 0 Å². The van der Waals surface area contributed by atoms with Gasteiger partial charge in [0.25, 0.3) is 0 Å². The Hall–Kier alpha value is -1.31. The summed E-state index contributed by atoms with van der Waals surface area (Å²) in [5, 5.41) is 3.21. The number of carbonyl (C=O) groups is 1. The van der Waals surface area contributed by atoms with Crippen molar-refractivity contribution in [3.05, 3.63) is 35.9 Å². The maximum atomic E-state index is 12.0. The molecule has 0 radical (unpaired) electrons. The second-order valence-electron chi connectivity index (χ2n) is 5.35. The van der Waals surface area contributed by atoms with Crippen molar-refractivity contribution in [3.63, 3.8) is 0 Å². The predicted octanol–water partition coefficient (Wildman–Crippen LogP) is 2.85. The smallest absolute Gasteiger partial charge is 0.223 e. The molecular weight excluding hydrogens is 210 g/mol. The van der Waals surface area contributed by atoms with Gasteiger partial charge in [0.2, 0.25) is 5.91 Å². The third-order valence-electron chi connectivity index (χ3n) is 4.07. The Balaban J connectivity index is 1.54. The summed E-state index contributed by atoms with van der Waals surface area (Å²) in [6.07, 6.45) is 5.75. The van der Waals surface area contributed by atoms with Crippen LogP contribution in [0.3, 0.4) is 0 Å². The number of rotatable bonds is 3. The molecule has 2 aliphatic rings. The summed E-state index contributed by atoms with van der Waals surface area (Å²) >= 11 is 0. The summed E-state index contributed by atoms with van der Waals surface area (Å²) in [5.74, 6) is 1.15. The summed E-state index contributed by atoms with van der Waals surface area (Å²) < 4.78 is 0. The lowest BCUT2D eigenvalue weighted by atomic mass is 10.1. The van der Waals surface area contributed by atoms with Gasteiger partial charge in [-0.15, -0.1) is 0 Å². The second kappa shape index (κ2) is 4.52. The zero-order valence-electron chi connectivity index (χ0n) is 10.1. The fourth-order valence-corrected chi connectivity index (χ4v) is 2.91. The number of nitrogens with one attached hydrogen (secondary N) is 1. The molecule has 2 aliphatic carbocycles. The van der Waals surface area contributed by atoms with Gasteiger partial charge in [-0.25, -0.2) is 0 Å². The van der Waals surface area contributed by atoms with Crippen LogP contribution in [-0.4, -0.2) is 11.9 Å². The van der Waals surface area contributed by atoms with Crippen molar-refractivity contribution in [1.29, 1.82) is 0 Å². The monoisotopic (exact) mass is 229 g/mol. The minimum absolute atomic E-state index is 0.297. The highest BCUT2D eigenvalue weighted by atomic mass is 16.2. The van der Waals surface area contributed by atoms with E-state index in [1.165, 1.54) is 18.4 Å². The Morgan fingerprint density at radius 2 is 1.82 bits per heavy atom. The molecule has 2 saturated carbocycles. The van der Waals surface area contributed by atoms with E-state index in [4.69, 9.17) is 0 Å². The van der Waals surface area contributed by atoms with Crippen LogP contribution in [-0.2, 0) is 4.79 Å². The standard InChI is InChI=1S/C15H19NO/c17-15(12-8-4-5-9-12)16-14-10-13(14)11-6-2-1-3-7-11/h1-3,6-7,12-14H,4-5,8-10H2,(H,16,17)/t13-,14+/m1/s1. The van der Waals surface area contributed by atoms with Crippen LogP contribution in [0.4, 0.5) is 0 Å². The lowest BCUT2D eigenvalue weighted by molar-refractivity contribution is -0.124. The Labute approximate surface area is 102 Å². The lowest BCUT2D eigenvalue weighted by Crippen LogP contribution is -2.31. The average Bonchev–Trinajstić information content (AvgIpc) is 2.92. The van der Waals surface area contributed by atoms with Crippen LogP contribution < -0.4 is 5.32 Å². The number of hydrogen-bond donors (Lipinski definition) is 1. The molecule has 1 amide bonds. The van der Waals surface area contributed by atoms with Crippen molar-refractivity contribution in [1.82, 2.24) is 5.32 Å². The van der Waals surface area contributed by atoms with Gasteiger partial charge in [-0.2, -0.15) is 0 Å². The van der Waals surface area contributed by atoms with Crippen LogP contribution in [0.1, 0.15) is 43.6 Å². The molecule has 0 spiro atoms. The largest absolute Gasteiger partial charge is 0.352 e. The molecule has 0 unspecified atom stereocenters. The molecule has 3 rings (SSSR count). The van der Waals surface area contributed by atoms with Gasteiger partial charge in [0.05, 0.1) is 0 Å². The summed E-state index contributed by atoms with van der Waals surface area (Å²) in [6.45, 7) is 0. The molecule has 0 aromatic heterocycles. The van der Waals surface area contributed by atoms with Crippen LogP contribution in [0.2, 0.25) is 0 Å². The predicted molar refractivity (Wildman–Crippen MR) is 67.7 cm³/mol. The van der Waals surface area contributed by atoms with Gasteiger partial charge < -0.3 is 5.32 Å². The summed E-state index contributed by atoms with van der Waals surface area (Å²) in [6, 6.07) is 10.9. The van der Waals surface area contributed by atoms with E-state index in [-0.39, 0.29) is 0 Å². The highest BCUT2D eigenvalue weighted by molar-refractivity contribution is 5.79. The van der Waals surface area contributed by atoms with E-state index in [0.29, 0.717) is 23.8 Å². The molecule has 2 heteroatoms. The van der Waals surface area contributed by atoms with E-state index < -0.39 is 0 Å². The van der Waals surface area contributed by atoms with Crippen LogP contribution >= 0.6 is 0 Å². The van der Waals surface area contributed by atoms with Gasteiger partial charge in [-0.05, 0) is 24.8 Å². The third kappa shape index (κ3) is 2.36. The zero-order valence-corrected chi connectivity index (χ0v) is 10.1. The molecule has 0 heterocycles. The SMILES string of the molecule is O=C(N[C@H]1C[C@@H]1c1ccccc1)C1CCCC1. The van der Waals surface area contributed by atoms with E-state index in [1.807, 2.05) is 6.07 Å². The summed E-state index contributed by atoms with van der Waals surface area (Å²) in [7, 11) is 0. The molecule has 1 aromatic rings. The van der Waals surface area contributed by atoms with Gasteiger partial charge in [0, 0.05) is 17.9 Å². The van der Waals surface area contributed by atoms with E-state index in [9.17, 15) is 4.79 Å². The molecule has 0 aliphatic heterocycles. The Morgan fingerprint density at radius 3 is 2.53 bits per heavy atom. The molecule has 2 atom stereocenters. The van der Waals surface area contributed by atoms with Crippen LogP contribution in [0.15, 0.2) is 30.3 Å². The number of amides is 1. The van der Waals surface area contributed by atoms with Crippen molar-refractivity contribution in [2.24, 2.45) is 5.92 Å². The van der Waals surface area contributed by atoms with E-state index in [0.717, 1.165) is 19.3 Å². The molecule has 90 valence electrons. The zero-order chi connectivity index (χ0) is 11.7. The quantitative estimate of drug-likeness (QED) is 0.848. The van der Waals surface area contributed by atoms with Gasteiger partial charge in [0.15, 0.2) is 0 Å². The first-order chi connectivity index (χ1) is 8.34. The maximum Gasteiger partial charge on any atom is 0.223 e. The first kappa shape index (κ1) is 10.8. The van der Waals surface area contributed by atoms with E-state index in [2.05, 4.69) is 29.6 Å². The number of hydrogen-bond acceptors (Lipinski definition) is 1. The fraction of sp³-hybridized carbons (Fsp3) is 0.533. The fourth-order valence-electron chi connectivity index (χ4n) is 2.91. The minimum atomic E-state index is 0.297. The Morgan fingerprint density at radius 1 is 1.12 bits per heavy atom. The molecular formula is C15H19NO. The molecule has 17 heavy (non-hydrogen) atoms. The molecule has 1 N–H and O–H groups in total. The number of benzene rings is 1. The van der Waals surface area contributed by atoms with Crippen molar-refractivity contribution < 1.29 is 4.79 Å². The van der Waals surface area contributed by atoms with Crippen LogP contribution in [0, 0.1) is 5.92 Å². The van der Waals surface area contributed by atoms with Crippen molar-refractivity contribution in [2.75, 3.05) is 0 Å². The molecule has 0 bridgehead atoms. The molecule has 2 fully saturated rings. The summed E-state index contributed by atoms with van der Waals surface area (Å²) in [5.41, 5.74) is 1.37. The van der Waals surface area contributed by atoms with Gasteiger partial charge in [-0.1, -0.05) is 43.2 Å². The molecule has 2 nitrogen and oxygen atoms in total. The highest BCUT2D eigenvalue weighted by Crippen LogP contribution is 2.41. The normalized spacial score (nSPS) is 28.0. The summed E-state index contributed by atoms with van der Waals surface area (Å²) in [4.78, 5) is 12.0. The van der Waals surface area contributed by atoms with E-state index in [1.54, 1.807) is 0 Å². The number of carbonyl (C=O) groups excluding carboxylic acids is 1. The Bertz CT molecular complexity index is 395. The van der Waals surface area contributed by atoms with Crippen molar-refractivity contribution in [2.45, 2.75) is 44.1 Å². The van der Waals surface area contributed by atoms with E-state index >= 15 is 0 Å². The second-order valence-corrected chi connectivity index (χ2v) is 5.35. The first-order valence-corrected chi connectivity index (χ1v) is 6.70. The first-order valence-electron chi connectivity index (χ1n) is 6.70. The molecule has 0 saturated heterocycles. The topological polar surface area (TPSA) is 29.1 Å². The highest BCUT2D eigenvalue weighted by Gasteiger charge is 2.40. The van der Waals surface area contributed by atoms with Crippen molar-refractivity contribution in [3.8, 4) is 0 Å². The Kier molecular flexibility index (Phi) is 2.87. The van der Waals surface area contributed by atoms with Crippen molar-refractivity contribution >= 4 is 5.91 Å². The van der Waals surface area contributed by atoms with Gasteiger partial charge in [-0.3, -0.25) is 4.79 Å². The van der Waals surface area contributed by atoms with Crippen LogP contribution in [0.25, 0.3) is 0 Å². The lowest BCUT2D eigenvalue weighted by Gasteiger charge is -2.10. The van der Waals surface area contributed by atoms with Gasteiger partial charge >= 0.3 is 0 Å². The minimum Gasteiger partial charge on any atom is -0.352 e. The average molecular weight is 229 g/mol. The maximum absolute atomic E-state index is 12.0.